The molecule has 2 nitrogen and oxygen atoms in total. The fourth-order valence-corrected chi connectivity index (χ4v) is 3.36. The Morgan fingerprint density at radius 3 is 2.19 bits per heavy atom. The van der Waals surface area contributed by atoms with Gasteiger partial charge in [0.25, 0.3) is 0 Å². The number of benzene rings is 1. The van der Waals surface area contributed by atoms with Crippen LogP contribution in [0.5, 0.6) is 0 Å². The van der Waals surface area contributed by atoms with Crippen molar-refractivity contribution in [1.82, 2.24) is 4.90 Å². The number of aryl methyl sites for hydroxylation is 2. The van der Waals surface area contributed by atoms with E-state index in [9.17, 15) is 4.79 Å². The number of carbonyl (C=O) groups excluding carboxylic acids is 1. The van der Waals surface area contributed by atoms with Gasteiger partial charge >= 0.3 is 0 Å². The number of amides is 1. The first kappa shape index (κ1) is 15.8. The van der Waals surface area contributed by atoms with Crippen molar-refractivity contribution in [3.8, 4) is 0 Å². The Labute approximate surface area is 128 Å². The summed E-state index contributed by atoms with van der Waals surface area (Å²) in [6.45, 7) is 13.6. The quantitative estimate of drug-likeness (QED) is 0.744. The van der Waals surface area contributed by atoms with E-state index in [2.05, 4.69) is 45.5 Å². The number of nitrogens with zero attached hydrogens (tertiary/aromatic N) is 1. The molecular formula is C19H27NO. The van der Waals surface area contributed by atoms with E-state index in [0.717, 1.165) is 31.4 Å². The van der Waals surface area contributed by atoms with Gasteiger partial charge in [-0.25, -0.2) is 0 Å². The smallest absolute Gasteiger partial charge is 0.233 e. The molecule has 0 aliphatic heterocycles. The average Bonchev–Trinajstić information content (AvgIpc) is 2.33. The monoisotopic (exact) mass is 285 g/mol. The Balaban J connectivity index is 2.36. The van der Waals surface area contributed by atoms with Crippen molar-refractivity contribution >= 4 is 5.91 Å². The fraction of sp³-hybridized carbons (Fsp3) is 0.526. The number of carbonyl (C=O) groups is 1. The van der Waals surface area contributed by atoms with E-state index in [1.165, 1.54) is 16.7 Å². The van der Waals surface area contributed by atoms with Crippen LogP contribution in [0.2, 0.25) is 0 Å². The van der Waals surface area contributed by atoms with E-state index in [0.29, 0.717) is 6.54 Å². The lowest BCUT2D eigenvalue weighted by Crippen LogP contribution is -2.51. The Bertz CT molecular complexity index is 534. The van der Waals surface area contributed by atoms with Crippen LogP contribution >= 0.6 is 0 Å². The zero-order valence-corrected chi connectivity index (χ0v) is 13.8. The second kappa shape index (κ2) is 6.05. The Kier molecular flexibility index (Phi) is 4.55. The summed E-state index contributed by atoms with van der Waals surface area (Å²) in [7, 11) is 0. The predicted molar refractivity (Wildman–Crippen MR) is 88.5 cm³/mol. The van der Waals surface area contributed by atoms with Crippen LogP contribution in [0.15, 0.2) is 30.4 Å². The van der Waals surface area contributed by atoms with Crippen molar-refractivity contribution < 1.29 is 4.79 Å². The van der Waals surface area contributed by atoms with Crippen molar-refractivity contribution in [2.45, 2.75) is 52.4 Å². The molecule has 1 saturated carbocycles. The molecule has 1 aromatic carbocycles. The van der Waals surface area contributed by atoms with Gasteiger partial charge in [-0.2, -0.15) is 0 Å². The van der Waals surface area contributed by atoms with Crippen LogP contribution < -0.4 is 0 Å². The minimum Gasteiger partial charge on any atom is -0.338 e. The normalized spacial score (nSPS) is 16.2. The molecule has 0 spiro atoms. The van der Waals surface area contributed by atoms with Gasteiger partial charge in [-0.05, 0) is 46.1 Å². The maximum atomic E-state index is 13.1. The second-order valence-electron chi connectivity index (χ2n) is 6.59. The molecule has 0 saturated heterocycles. The Hall–Kier alpha value is -1.57. The highest BCUT2D eigenvalue weighted by atomic mass is 16.2. The largest absolute Gasteiger partial charge is 0.338 e. The van der Waals surface area contributed by atoms with E-state index in [1.54, 1.807) is 0 Å². The van der Waals surface area contributed by atoms with Gasteiger partial charge in [0.05, 0.1) is 5.41 Å². The Morgan fingerprint density at radius 2 is 1.81 bits per heavy atom. The van der Waals surface area contributed by atoms with Gasteiger partial charge in [0.1, 0.15) is 0 Å². The summed E-state index contributed by atoms with van der Waals surface area (Å²) in [6, 6.07) is 6.56. The third kappa shape index (κ3) is 3.04. The van der Waals surface area contributed by atoms with E-state index in [-0.39, 0.29) is 11.3 Å². The molecule has 1 aliphatic rings. The molecule has 1 fully saturated rings. The van der Waals surface area contributed by atoms with Crippen LogP contribution in [-0.2, 0) is 10.2 Å². The topological polar surface area (TPSA) is 20.3 Å². The van der Waals surface area contributed by atoms with Gasteiger partial charge in [0, 0.05) is 13.1 Å². The minimum absolute atomic E-state index is 0.282. The summed E-state index contributed by atoms with van der Waals surface area (Å²) < 4.78 is 0. The van der Waals surface area contributed by atoms with Crippen molar-refractivity contribution in [2.75, 3.05) is 13.1 Å². The van der Waals surface area contributed by atoms with Gasteiger partial charge in [0.15, 0.2) is 0 Å². The number of likely N-dealkylation sites (N-methyl/N-ethyl adjacent to an activating group) is 1. The van der Waals surface area contributed by atoms with E-state index in [1.807, 2.05) is 11.8 Å². The lowest BCUT2D eigenvalue weighted by Gasteiger charge is -2.44. The summed E-state index contributed by atoms with van der Waals surface area (Å²) in [5, 5.41) is 0. The fourth-order valence-electron chi connectivity index (χ4n) is 3.36. The zero-order valence-electron chi connectivity index (χ0n) is 13.8. The molecule has 0 bridgehead atoms. The third-order valence-electron chi connectivity index (χ3n) is 4.52. The summed E-state index contributed by atoms with van der Waals surface area (Å²) in [5.74, 6) is 0.282. The second-order valence-corrected chi connectivity index (χ2v) is 6.59. The molecule has 2 heteroatoms. The predicted octanol–water partition coefficient (Wildman–Crippen LogP) is 4.15. The molecule has 0 heterocycles. The molecule has 2 rings (SSSR count). The van der Waals surface area contributed by atoms with Crippen molar-refractivity contribution in [3.05, 3.63) is 47.0 Å². The SMILES string of the molecule is C=C(C)CN(CC)C(=O)C1(c2cc(C)cc(C)c2)CCC1. The first-order chi connectivity index (χ1) is 9.89. The summed E-state index contributed by atoms with van der Waals surface area (Å²) >= 11 is 0. The number of hydrogen-bond donors (Lipinski definition) is 0. The average molecular weight is 285 g/mol. The minimum atomic E-state index is -0.289. The molecule has 0 aromatic heterocycles. The molecule has 21 heavy (non-hydrogen) atoms. The molecule has 1 aliphatic carbocycles. The van der Waals surface area contributed by atoms with Gasteiger partial charge < -0.3 is 4.90 Å². The molecule has 0 unspecified atom stereocenters. The molecule has 0 atom stereocenters. The Morgan fingerprint density at radius 1 is 1.24 bits per heavy atom. The van der Waals surface area contributed by atoms with Gasteiger partial charge in [-0.3, -0.25) is 4.79 Å². The first-order valence-corrected chi connectivity index (χ1v) is 7.91. The lowest BCUT2D eigenvalue weighted by molar-refractivity contribution is -0.140. The van der Waals surface area contributed by atoms with Crippen LogP contribution in [0.3, 0.4) is 0 Å². The summed E-state index contributed by atoms with van der Waals surface area (Å²) in [6.07, 6.45) is 3.09. The molecule has 0 N–H and O–H groups in total. The highest BCUT2D eigenvalue weighted by Gasteiger charge is 2.47. The number of hydrogen-bond acceptors (Lipinski definition) is 1. The van der Waals surface area contributed by atoms with E-state index < -0.39 is 0 Å². The molecule has 1 amide bonds. The van der Waals surface area contributed by atoms with E-state index >= 15 is 0 Å². The molecule has 114 valence electrons. The van der Waals surface area contributed by atoms with Crippen molar-refractivity contribution in [1.29, 1.82) is 0 Å². The van der Waals surface area contributed by atoms with Crippen LogP contribution in [-0.4, -0.2) is 23.9 Å². The molecule has 0 radical (unpaired) electrons. The van der Waals surface area contributed by atoms with Crippen molar-refractivity contribution in [2.24, 2.45) is 0 Å². The number of rotatable bonds is 5. The standard InChI is InChI=1S/C19H27NO/c1-6-20(13-14(2)3)18(21)19(8-7-9-19)17-11-15(4)10-16(5)12-17/h10-12H,2,6-9,13H2,1,3-5H3. The maximum Gasteiger partial charge on any atom is 0.233 e. The zero-order chi connectivity index (χ0) is 15.6. The molecular weight excluding hydrogens is 258 g/mol. The molecule has 1 aromatic rings. The first-order valence-electron chi connectivity index (χ1n) is 7.91. The highest BCUT2D eigenvalue weighted by Crippen LogP contribution is 2.45. The summed E-state index contributed by atoms with van der Waals surface area (Å²) in [5.41, 5.74) is 4.44. The third-order valence-corrected chi connectivity index (χ3v) is 4.52. The van der Waals surface area contributed by atoms with Crippen LogP contribution in [0.4, 0.5) is 0 Å². The van der Waals surface area contributed by atoms with Crippen molar-refractivity contribution in [3.63, 3.8) is 0 Å². The van der Waals surface area contributed by atoms with Crippen LogP contribution in [0.25, 0.3) is 0 Å². The lowest BCUT2D eigenvalue weighted by atomic mass is 9.63. The van der Waals surface area contributed by atoms with Crippen LogP contribution in [0, 0.1) is 13.8 Å². The van der Waals surface area contributed by atoms with E-state index in [4.69, 9.17) is 0 Å². The highest BCUT2D eigenvalue weighted by molar-refractivity contribution is 5.89. The van der Waals surface area contributed by atoms with Gasteiger partial charge in [-0.1, -0.05) is 47.9 Å². The van der Waals surface area contributed by atoms with Gasteiger partial charge in [0.2, 0.25) is 5.91 Å². The summed E-state index contributed by atoms with van der Waals surface area (Å²) in [4.78, 5) is 15.1. The van der Waals surface area contributed by atoms with Gasteiger partial charge in [-0.15, -0.1) is 0 Å². The van der Waals surface area contributed by atoms with Crippen LogP contribution in [0.1, 0.15) is 49.8 Å². The maximum absolute atomic E-state index is 13.1.